The summed E-state index contributed by atoms with van der Waals surface area (Å²) in [4.78, 5) is 12.7. The van der Waals surface area contributed by atoms with Gasteiger partial charge in [0.25, 0.3) is 0 Å². The van der Waals surface area contributed by atoms with Gasteiger partial charge in [-0.15, -0.1) is 0 Å². The molecular weight excluding hydrogens is 399 g/mol. The number of carbonyl (C=O) groups excluding carboxylic acids is 1. The molecule has 158 valence electrons. The Bertz CT molecular complexity index is 1130. The normalized spacial score (nSPS) is 18.2. The Morgan fingerprint density at radius 1 is 1.19 bits per heavy atom. The first-order valence-corrected chi connectivity index (χ1v) is 9.90. The third kappa shape index (κ3) is 3.97. The van der Waals surface area contributed by atoms with Crippen LogP contribution in [0, 0.1) is 17.1 Å². The number of allylic oxidation sites excluding steroid dienone is 3. The van der Waals surface area contributed by atoms with E-state index in [1.165, 1.54) is 19.2 Å². The lowest BCUT2D eigenvalue weighted by molar-refractivity contribution is -0.116. The molecular formula is C24H21FN2O4. The molecule has 31 heavy (non-hydrogen) atoms. The summed E-state index contributed by atoms with van der Waals surface area (Å²) in [6.07, 6.45) is 1.71. The van der Waals surface area contributed by atoms with E-state index < -0.39 is 5.92 Å². The lowest BCUT2D eigenvalue weighted by Gasteiger charge is -2.31. The van der Waals surface area contributed by atoms with Crippen LogP contribution in [-0.2, 0) is 16.1 Å². The van der Waals surface area contributed by atoms with E-state index in [9.17, 15) is 14.4 Å². The first kappa shape index (κ1) is 20.5. The summed E-state index contributed by atoms with van der Waals surface area (Å²) < 4.78 is 30.0. The molecule has 2 aromatic carbocycles. The number of ether oxygens (including phenoxy) is 3. The molecule has 2 aliphatic rings. The Morgan fingerprint density at radius 2 is 1.97 bits per heavy atom. The third-order valence-electron chi connectivity index (χ3n) is 5.43. The van der Waals surface area contributed by atoms with Gasteiger partial charge in [-0.05, 0) is 41.8 Å². The van der Waals surface area contributed by atoms with E-state index in [1.54, 1.807) is 30.3 Å². The molecule has 1 aliphatic heterocycles. The molecule has 1 atom stereocenters. The van der Waals surface area contributed by atoms with Gasteiger partial charge in [0, 0.05) is 18.4 Å². The Hall–Kier alpha value is -3.79. The Kier molecular flexibility index (Phi) is 5.63. The number of carbonyl (C=O) groups is 1. The van der Waals surface area contributed by atoms with Gasteiger partial charge in [-0.3, -0.25) is 4.79 Å². The summed E-state index contributed by atoms with van der Waals surface area (Å²) in [6, 6.07) is 13.4. The molecule has 0 saturated heterocycles. The molecule has 1 heterocycles. The molecule has 0 bridgehead atoms. The fourth-order valence-corrected chi connectivity index (χ4v) is 3.91. The lowest BCUT2D eigenvalue weighted by atomic mass is 9.77. The molecule has 6 nitrogen and oxygen atoms in total. The van der Waals surface area contributed by atoms with Crippen LogP contribution in [0.15, 0.2) is 65.3 Å². The second kappa shape index (κ2) is 8.52. The zero-order valence-electron chi connectivity index (χ0n) is 17.0. The summed E-state index contributed by atoms with van der Waals surface area (Å²) in [5.41, 5.74) is 8.19. The molecule has 1 unspecified atom stereocenters. The minimum Gasteiger partial charge on any atom is -0.493 e. The number of methoxy groups -OCH3 is 1. The quantitative estimate of drug-likeness (QED) is 0.778. The van der Waals surface area contributed by atoms with Crippen molar-refractivity contribution in [1.29, 1.82) is 5.26 Å². The molecule has 2 N–H and O–H groups in total. The second-order valence-electron chi connectivity index (χ2n) is 7.36. The number of Topliss-reactive ketones (excluding diaryl/α,β-unsaturated/α-hetero) is 1. The van der Waals surface area contributed by atoms with Gasteiger partial charge in [0.2, 0.25) is 5.88 Å². The van der Waals surface area contributed by atoms with Crippen LogP contribution < -0.4 is 15.2 Å². The van der Waals surface area contributed by atoms with Gasteiger partial charge in [-0.2, -0.15) is 5.26 Å². The van der Waals surface area contributed by atoms with Gasteiger partial charge in [0.15, 0.2) is 17.3 Å². The predicted octanol–water partition coefficient (Wildman–Crippen LogP) is 4.23. The molecule has 4 rings (SSSR count). The van der Waals surface area contributed by atoms with Crippen molar-refractivity contribution in [1.82, 2.24) is 0 Å². The van der Waals surface area contributed by atoms with Crippen LogP contribution in [-0.4, -0.2) is 12.9 Å². The zero-order chi connectivity index (χ0) is 22.0. The number of rotatable bonds is 5. The number of nitriles is 1. The van der Waals surface area contributed by atoms with Gasteiger partial charge >= 0.3 is 0 Å². The number of hydrogen-bond donors (Lipinski definition) is 1. The van der Waals surface area contributed by atoms with E-state index in [4.69, 9.17) is 19.9 Å². The molecule has 1 aliphatic carbocycles. The number of ketones is 1. The van der Waals surface area contributed by atoms with E-state index in [0.717, 1.165) is 5.56 Å². The average molecular weight is 420 g/mol. The van der Waals surface area contributed by atoms with Crippen LogP contribution in [0.4, 0.5) is 4.39 Å². The SMILES string of the molecule is COc1cc(C2C(C#N)=C(N)OC3=C2C(=O)CCC3)ccc1OCc1ccc(F)cc1. The van der Waals surface area contributed by atoms with E-state index in [-0.39, 0.29) is 29.7 Å². The lowest BCUT2D eigenvalue weighted by Crippen LogP contribution is -2.27. The number of halogens is 1. The predicted molar refractivity (Wildman–Crippen MR) is 110 cm³/mol. The fourth-order valence-electron chi connectivity index (χ4n) is 3.91. The molecule has 2 aromatic rings. The van der Waals surface area contributed by atoms with E-state index in [1.807, 2.05) is 0 Å². The minimum atomic E-state index is -0.610. The summed E-state index contributed by atoms with van der Waals surface area (Å²) in [6.45, 7) is 0.233. The second-order valence-corrected chi connectivity index (χ2v) is 7.36. The summed E-state index contributed by atoms with van der Waals surface area (Å²) in [5, 5.41) is 9.70. The standard InChI is InChI=1S/C24H21FN2O4/c1-29-21-11-15(7-10-19(21)30-13-14-5-8-16(25)9-6-14)22-17(12-26)24(27)31-20-4-2-3-18(28)23(20)22/h5-11,22H,2-4,13,27H2,1H3. The van der Waals surface area contributed by atoms with Crippen molar-refractivity contribution < 1.29 is 23.4 Å². The summed E-state index contributed by atoms with van der Waals surface area (Å²) in [5.74, 6) is 0.539. The highest BCUT2D eigenvalue weighted by molar-refractivity contribution is 5.99. The van der Waals surface area contributed by atoms with Crippen molar-refractivity contribution in [2.45, 2.75) is 31.8 Å². The van der Waals surface area contributed by atoms with Crippen molar-refractivity contribution in [3.63, 3.8) is 0 Å². The van der Waals surface area contributed by atoms with Gasteiger partial charge in [-0.1, -0.05) is 18.2 Å². The van der Waals surface area contributed by atoms with Crippen molar-refractivity contribution in [3.8, 4) is 17.6 Å². The van der Waals surface area contributed by atoms with Crippen LogP contribution in [0.25, 0.3) is 0 Å². The molecule has 0 saturated carbocycles. The first-order valence-electron chi connectivity index (χ1n) is 9.90. The maximum Gasteiger partial charge on any atom is 0.205 e. The molecule has 0 aromatic heterocycles. The number of nitrogens with two attached hydrogens (primary N) is 1. The Morgan fingerprint density at radius 3 is 2.68 bits per heavy atom. The van der Waals surface area contributed by atoms with Crippen molar-refractivity contribution in [2.24, 2.45) is 5.73 Å². The smallest absolute Gasteiger partial charge is 0.205 e. The van der Waals surface area contributed by atoms with Gasteiger partial charge < -0.3 is 19.9 Å². The zero-order valence-corrected chi connectivity index (χ0v) is 17.0. The van der Waals surface area contributed by atoms with E-state index in [0.29, 0.717) is 47.7 Å². The summed E-state index contributed by atoms with van der Waals surface area (Å²) in [7, 11) is 1.51. The highest BCUT2D eigenvalue weighted by Gasteiger charge is 2.38. The minimum absolute atomic E-state index is 0.0246. The third-order valence-corrected chi connectivity index (χ3v) is 5.43. The van der Waals surface area contributed by atoms with Crippen LogP contribution in [0.2, 0.25) is 0 Å². The maximum absolute atomic E-state index is 13.1. The molecule has 7 heteroatoms. The van der Waals surface area contributed by atoms with Crippen molar-refractivity contribution in [3.05, 3.63) is 82.2 Å². The van der Waals surface area contributed by atoms with Crippen LogP contribution in [0.5, 0.6) is 11.5 Å². The van der Waals surface area contributed by atoms with Gasteiger partial charge in [0.1, 0.15) is 29.8 Å². The number of nitrogens with zero attached hydrogens (tertiary/aromatic N) is 1. The number of hydrogen-bond acceptors (Lipinski definition) is 6. The van der Waals surface area contributed by atoms with Crippen LogP contribution >= 0.6 is 0 Å². The highest BCUT2D eigenvalue weighted by atomic mass is 19.1. The van der Waals surface area contributed by atoms with Crippen molar-refractivity contribution in [2.75, 3.05) is 7.11 Å². The topological polar surface area (TPSA) is 94.6 Å². The van der Waals surface area contributed by atoms with Gasteiger partial charge in [0.05, 0.1) is 13.0 Å². The number of benzene rings is 2. The molecule has 0 spiro atoms. The van der Waals surface area contributed by atoms with Crippen LogP contribution in [0.3, 0.4) is 0 Å². The Labute approximate surface area is 179 Å². The monoisotopic (exact) mass is 420 g/mol. The molecule has 0 radical (unpaired) electrons. The molecule has 0 fully saturated rings. The Balaban J connectivity index is 1.67. The van der Waals surface area contributed by atoms with Gasteiger partial charge in [-0.25, -0.2) is 4.39 Å². The average Bonchev–Trinajstić information content (AvgIpc) is 2.78. The van der Waals surface area contributed by atoms with E-state index in [2.05, 4.69) is 6.07 Å². The first-order chi connectivity index (χ1) is 15.0. The fraction of sp³-hybridized carbons (Fsp3) is 0.250. The largest absolute Gasteiger partial charge is 0.493 e. The molecule has 0 amide bonds. The highest BCUT2D eigenvalue weighted by Crippen LogP contribution is 2.45. The maximum atomic E-state index is 13.1. The van der Waals surface area contributed by atoms with Crippen molar-refractivity contribution >= 4 is 5.78 Å². The van der Waals surface area contributed by atoms with E-state index >= 15 is 0 Å². The summed E-state index contributed by atoms with van der Waals surface area (Å²) >= 11 is 0. The van der Waals surface area contributed by atoms with Crippen LogP contribution in [0.1, 0.15) is 36.3 Å².